The molecule has 2 amide bonds. The zero-order valence-corrected chi connectivity index (χ0v) is 14.2. The lowest BCUT2D eigenvalue weighted by Crippen LogP contribution is -2.43. The number of nitrogens with one attached hydrogen (secondary N) is 2. The second-order valence-electron chi connectivity index (χ2n) is 6.22. The molecular weight excluding hydrogens is 300 g/mol. The number of aryl methyl sites for hydroxylation is 1. The molecule has 2 atom stereocenters. The highest BCUT2D eigenvalue weighted by molar-refractivity contribution is 7.90. The SMILES string of the molecule is Cc1ccc(S(C)(=O)=O)cc1NC(=O)NC1CCCCC1C. The topological polar surface area (TPSA) is 75.3 Å². The van der Waals surface area contributed by atoms with Crippen LogP contribution in [0.25, 0.3) is 0 Å². The van der Waals surface area contributed by atoms with Gasteiger partial charge in [-0.05, 0) is 43.4 Å². The molecule has 0 radical (unpaired) electrons. The summed E-state index contributed by atoms with van der Waals surface area (Å²) in [6, 6.07) is 4.68. The van der Waals surface area contributed by atoms with E-state index >= 15 is 0 Å². The van der Waals surface area contributed by atoms with Crippen LogP contribution in [0.2, 0.25) is 0 Å². The molecule has 0 aliphatic heterocycles. The van der Waals surface area contributed by atoms with E-state index in [2.05, 4.69) is 17.6 Å². The Morgan fingerprint density at radius 1 is 1.23 bits per heavy atom. The number of sulfone groups is 1. The van der Waals surface area contributed by atoms with E-state index in [9.17, 15) is 13.2 Å². The molecule has 1 saturated carbocycles. The standard InChI is InChI=1S/C16H24N2O3S/c1-11-6-4-5-7-14(11)17-16(19)18-15-10-13(22(3,20)21)9-8-12(15)2/h8-11,14H,4-7H2,1-3H3,(H2,17,18,19). The maximum Gasteiger partial charge on any atom is 0.319 e. The number of amides is 2. The summed E-state index contributed by atoms with van der Waals surface area (Å²) in [6.07, 6.45) is 5.64. The van der Waals surface area contributed by atoms with E-state index in [1.807, 2.05) is 6.92 Å². The molecule has 2 N–H and O–H groups in total. The van der Waals surface area contributed by atoms with Crippen LogP contribution in [-0.4, -0.2) is 26.7 Å². The number of carbonyl (C=O) groups excluding carboxylic acids is 1. The van der Waals surface area contributed by atoms with Crippen LogP contribution in [0.3, 0.4) is 0 Å². The molecule has 0 aromatic heterocycles. The maximum atomic E-state index is 12.2. The minimum absolute atomic E-state index is 0.187. The van der Waals surface area contributed by atoms with Crippen molar-refractivity contribution >= 4 is 21.6 Å². The van der Waals surface area contributed by atoms with Crippen molar-refractivity contribution in [3.05, 3.63) is 23.8 Å². The fraction of sp³-hybridized carbons (Fsp3) is 0.562. The summed E-state index contributed by atoms with van der Waals surface area (Å²) in [6.45, 7) is 3.99. The molecular formula is C16H24N2O3S. The van der Waals surface area contributed by atoms with Gasteiger partial charge in [0.25, 0.3) is 0 Å². The van der Waals surface area contributed by atoms with Crippen molar-refractivity contribution < 1.29 is 13.2 Å². The summed E-state index contributed by atoms with van der Waals surface area (Å²) in [5.74, 6) is 0.475. The van der Waals surface area contributed by atoms with Gasteiger partial charge in [0, 0.05) is 18.0 Å². The number of carbonyl (C=O) groups is 1. The zero-order chi connectivity index (χ0) is 16.3. The first-order chi connectivity index (χ1) is 10.3. The predicted octanol–water partition coefficient (Wildman–Crippen LogP) is 3.10. The first-order valence-electron chi connectivity index (χ1n) is 7.65. The summed E-state index contributed by atoms with van der Waals surface area (Å²) in [5, 5.41) is 5.78. The quantitative estimate of drug-likeness (QED) is 0.897. The monoisotopic (exact) mass is 324 g/mol. The summed E-state index contributed by atoms with van der Waals surface area (Å²) in [7, 11) is -3.29. The van der Waals surface area contributed by atoms with Gasteiger partial charge in [-0.25, -0.2) is 13.2 Å². The Bertz CT molecular complexity index is 655. The third kappa shape index (κ3) is 4.22. The van der Waals surface area contributed by atoms with Gasteiger partial charge in [0.1, 0.15) is 0 Å². The normalized spacial score (nSPS) is 22.1. The van der Waals surface area contributed by atoms with Crippen molar-refractivity contribution in [2.24, 2.45) is 5.92 Å². The fourth-order valence-electron chi connectivity index (χ4n) is 2.82. The molecule has 0 heterocycles. The Morgan fingerprint density at radius 3 is 2.55 bits per heavy atom. The number of rotatable bonds is 3. The average molecular weight is 324 g/mol. The average Bonchev–Trinajstić information content (AvgIpc) is 2.42. The largest absolute Gasteiger partial charge is 0.335 e. The van der Waals surface area contributed by atoms with E-state index in [1.54, 1.807) is 12.1 Å². The van der Waals surface area contributed by atoms with Crippen LogP contribution in [0.15, 0.2) is 23.1 Å². The Balaban J connectivity index is 2.08. The van der Waals surface area contributed by atoms with E-state index in [4.69, 9.17) is 0 Å². The van der Waals surface area contributed by atoms with E-state index in [1.165, 1.54) is 12.5 Å². The number of hydrogen-bond donors (Lipinski definition) is 2. The third-order valence-corrected chi connectivity index (χ3v) is 5.42. The van der Waals surface area contributed by atoms with Gasteiger partial charge in [0.15, 0.2) is 9.84 Å². The molecule has 2 rings (SSSR count). The van der Waals surface area contributed by atoms with Gasteiger partial charge >= 0.3 is 6.03 Å². The van der Waals surface area contributed by atoms with Crippen LogP contribution < -0.4 is 10.6 Å². The Kier molecular flexibility index (Phi) is 5.11. The Morgan fingerprint density at radius 2 is 1.91 bits per heavy atom. The Hall–Kier alpha value is -1.56. The van der Waals surface area contributed by atoms with Gasteiger partial charge in [0.2, 0.25) is 0 Å². The number of urea groups is 1. The molecule has 0 spiro atoms. The van der Waals surface area contributed by atoms with Crippen LogP contribution in [0.1, 0.15) is 38.2 Å². The van der Waals surface area contributed by atoms with E-state index in [-0.39, 0.29) is 17.0 Å². The molecule has 6 heteroatoms. The first-order valence-corrected chi connectivity index (χ1v) is 9.55. The van der Waals surface area contributed by atoms with Crippen molar-refractivity contribution in [3.8, 4) is 0 Å². The smallest absolute Gasteiger partial charge is 0.319 e. The summed E-state index contributed by atoms with van der Waals surface area (Å²) in [4.78, 5) is 12.4. The van der Waals surface area contributed by atoms with Crippen LogP contribution in [0.5, 0.6) is 0 Å². The summed E-state index contributed by atoms with van der Waals surface area (Å²) >= 11 is 0. The molecule has 1 aliphatic carbocycles. The van der Waals surface area contributed by atoms with Crippen molar-refractivity contribution in [1.29, 1.82) is 0 Å². The third-order valence-electron chi connectivity index (χ3n) is 4.31. The molecule has 0 saturated heterocycles. The van der Waals surface area contributed by atoms with Crippen molar-refractivity contribution in [1.82, 2.24) is 5.32 Å². The summed E-state index contributed by atoms with van der Waals surface area (Å²) < 4.78 is 23.2. The molecule has 1 aromatic rings. The lowest BCUT2D eigenvalue weighted by molar-refractivity contribution is 0.232. The highest BCUT2D eigenvalue weighted by atomic mass is 32.2. The second-order valence-corrected chi connectivity index (χ2v) is 8.23. The number of anilines is 1. The van der Waals surface area contributed by atoms with Crippen molar-refractivity contribution in [2.45, 2.75) is 50.5 Å². The lowest BCUT2D eigenvalue weighted by atomic mass is 9.86. The van der Waals surface area contributed by atoms with E-state index in [0.29, 0.717) is 11.6 Å². The fourth-order valence-corrected chi connectivity index (χ4v) is 3.47. The van der Waals surface area contributed by atoms with Gasteiger partial charge in [0.05, 0.1) is 4.90 Å². The van der Waals surface area contributed by atoms with Crippen molar-refractivity contribution in [2.75, 3.05) is 11.6 Å². The van der Waals surface area contributed by atoms with Gasteiger partial charge in [-0.1, -0.05) is 25.8 Å². The highest BCUT2D eigenvalue weighted by Crippen LogP contribution is 2.24. The molecule has 2 unspecified atom stereocenters. The molecule has 1 aromatic carbocycles. The van der Waals surface area contributed by atoms with Crippen molar-refractivity contribution in [3.63, 3.8) is 0 Å². The predicted molar refractivity (Wildman–Crippen MR) is 87.9 cm³/mol. The summed E-state index contributed by atoms with van der Waals surface area (Å²) in [5.41, 5.74) is 1.36. The molecule has 1 fully saturated rings. The van der Waals surface area contributed by atoms with Crippen LogP contribution >= 0.6 is 0 Å². The van der Waals surface area contributed by atoms with Crippen LogP contribution in [-0.2, 0) is 9.84 Å². The van der Waals surface area contributed by atoms with Gasteiger partial charge in [-0.15, -0.1) is 0 Å². The maximum absolute atomic E-state index is 12.2. The second kappa shape index (κ2) is 6.69. The van der Waals surface area contributed by atoms with Crippen LogP contribution in [0.4, 0.5) is 10.5 Å². The van der Waals surface area contributed by atoms with Crippen LogP contribution in [0, 0.1) is 12.8 Å². The Labute approximate surface area is 132 Å². The zero-order valence-electron chi connectivity index (χ0n) is 13.3. The lowest BCUT2D eigenvalue weighted by Gasteiger charge is -2.29. The number of benzene rings is 1. The van der Waals surface area contributed by atoms with E-state index in [0.717, 1.165) is 31.1 Å². The molecule has 0 bridgehead atoms. The molecule has 22 heavy (non-hydrogen) atoms. The first kappa shape index (κ1) is 16.8. The minimum atomic E-state index is -3.29. The molecule has 5 nitrogen and oxygen atoms in total. The van der Waals surface area contributed by atoms with E-state index < -0.39 is 9.84 Å². The molecule has 1 aliphatic rings. The van der Waals surface area contributed by atoms with Gasteiger partial charge in [-0.2, -0.15) is 0 Å². The highest BCUT2D eigenvalue weighted by Gasteiger charge is 2.23. The van der Waals surface area contributed by atoms with Gasteiger partial charge < -0.3 is 10.6 Å². The van der Waals surface area contributed by atoms with Gasteiger partial charge in [-0.3, -0.25) is 0 Å². The molecule has 122 valence electrons. The number of hydrogen-bond acceptors (Lipinski definition) is 3. The minimum Gasteiger partial charge on any atom is -0.335 e.